The normalized spacial score (nSPS) is 13.8. The predicted molar refractivity (Wildman–Crippen MR) is 92.1 cm³/mol. The zero-order valence-corrected chi connectivity index (χ0v) is 14.5. The quantitative estimate of drug-likeness (QED) is 0.705. The molecule has 0 bridgehead atoms. The number of benzene rings is 1. The van der Waals surface area contributed by atoms with E-state index in [-0.39, 0.29) is 5.91 Å². The zero-order valence-electron chi connectivity index (χ0n) is 12.9. The number of hydrogen-bond donors (Lipinski definition) is 0. The maximum Gasteiger partial charge on any atom is 0.255 e. The molecule has 1 aliphatic rings. The van der Waals surface area contributed by atoms with E-state index < -0.39 is 0 Å². The number of carbonyl (C=O) groups is 1. The number of aromatic nitrogens is 4. The molecule has 0 fully saturated rings. The molecule has 122 valence electrons. The molecule has 24 heavy (non-hydrogen) atoms. The van der Waals surface area contributed by atoms with Crippen molar-refractivity contribution in [3.63, 3.8) is 0 Å². The molecule has 1 aromatic carbocycles. The summed E-state index contributed by atoms with van der Waals surface area (Å²) in [6.45, 7) is 3.60. The van der Waals surface area contributed by atoms with Crippen LogP contribution >= 0.6 is 22.9 Å². The number of hydrogen-bond acceptors (Lipinski definition) is 5. The molecular formula is C16H14ClN5OS. The maximum atomic E-state index is 12.8. The van der Waals surface area contributed by atoms with Crippen LogP contribution in [-0.2, 0) is 13.1 Å². The maximum absolute atomic E-state index is 12.8. The minimum atomic E-state index is -0.0792. The van der Waals surface area contributed by atoms with E-state index in [9.17, 15) is 4.79 Å². The first-order valence-corrected chi connectivity index (χ1v) is 8.81. The fourth-order valence-electron chi connectivity index (χ4n) is 2.81. The largest absolute Gasteiger partial charge is 0.329 e. The molecule has 8 heteroatoms. The first-order chi connectivity index (χ1) is 11.6. The minimum Gasteiger partial charge on any atom is -0.329 e. The lowest BCUT2D eigenvalue weighted by Gasteiger charge is -2.28. The first kappa shape index (κ1) is 15.3. The Morgan fingerprint density at radius 1 is 1.29 bits per heavy atom. The van der Waals surface area contributed by atoms with Crippen LogP contribution in [0.1, 0.15) is 21.7 Å². The summed E-state index contributed by atoms with van der Waals surface area (Å²) in [6.07, 6.45) is 0. The van der Waals surface area contributed by atoms with Crippen molar-refractivity contribution in [3.8, 4) is 11.5 Å². The van der Waals surface area contributed by atoms with Crippen molar-refractivity contribution >= 4 is 28.8 Å². The van der Waals surface area contributed by atoms with Gasteiger partial charge in [-0.15, -0.1) is 21.5 Å². The molecular weight excluding hydrogens is 346 g/mol. The second-order valence-corrected chi connectivity index (χ2v) is 6.80. The highest BCUT2D eigenvalue weighted by molar-refractivity contribution is 7.07. The van der Waals surface area contributed by atoms with Crippen molar-refractivity contribution in [1.29, 1.82) is 0 Å². The van der Waals surface area contributed by atoms with Crippen LogP contribution in [0.4, 0.5) is 0 Å². The second-order valence-electron chi connectivity index (χ2n) is 5.68. The van der Waals surface area contributed by atoms with Crippen LogP contribution in [-0.4, -0.2) is 37.1 Å². The van der Waals surface area contributed by atoms with Crippen LogP contribution in [0, 0.1) is 6.92 Å². The van der Waals surface area contributed by atoms with E-state index in [1.54, 1.807) is 16.5 Å². The summed E-state index contributed by atoms with van der Waals surface area (Å²) in [4.78, 5) is 18.8. The average Bonchev–Trinajstić information content (AvgIpc) is 3.22. The number of halogens is 1. The molecule has 0 saturated carbocycles. The Labute approximate surface area is 147 Å². The lowest BCUT2D eigenvalue weighted by Crippen LogP contribution is -2.38. The monoisotopic (exact) mass is 359 g/mol. The predicted octanol–water partition coefficient (Wildman–Crippen LogP) is 3.02. The van der Waals surface area contributed by atoms with Crippen molar-refractivity contribution in [2.45, 2.75) is 20.0 Å². The van der Waals surface area contributed by atoms with Crippen molar-refractivity contribution < 1.29 is 4.79 Å². The third-order valence-corrected chi connectivity index (χ3v) is 4.96. The van der Waals surface area contributed by atoms with Crippen molar-refractivity contribution in [2.75, 3.05) is 6.54 Å². The summed E-state index contributed by atoms with van der Waals surface area (Å²) in [5.41, 5.74) is 4.15. The van der Waals surface area contributed by atoms with Crippen LogP contribution < -0.4 is 0 Å². The van der Waals surface area contributed by atoms with Gasteiger partial charge >= 0.3 is 0 Å². The number of aryl methyl sites for hydroxylation is 1. The summed E-state index contributed by atoms with van der Waals surface area (Å²) in [7, 11) is 0. The Kier molecular flexibility index (Phi) is 3.82. The van der Waals surface area contributed by atoms with Gasteiger partial charge in [0.15, 0.2) is 11.6 Å². The number of carbonyl (C=O) groups excluding carboxylic acids is 1. The van der Waals surface area contributed by atoms with Gasteiger partial charge in [-0.3, -0.25) is 4.79 Å². The van der Waals surface area contributed by atoms with Gasteiger partial charge in [-0.25, -0.2) is 4.98 Å². The Balaban J connectivity index is 1.60. The van der Waals surface area contributed by atoms with Crippen LogP contribution in [0.15, 0.2) is 29.1 Å². The molecule has 0 atom stereocenters. The van der Waals surface area contributed by atoms with E-state index in [0.717, 1.165) is 22.9 Å². The third-order valence-electron chi connectivity index (χ3n) is 4.06. The fourth-order valence-corrected chi connectivity index (χ4v) is 3.65. The Morgan fingerprint density at radius 3 is 2.92 bits per heavy atom. The number of fused-ring (bicyclic) bond motifs is 1. The minimum absolute atomic E-state index is 0.0792. The molecule has 0 N–H and O–H groups in total. The second kappa shape index (κ2) is 5.99. The van der Waals surface area contributed by atoms with Crippen molar-refractivity contribution in [1.82, 2.24) is 24.6 Å². The summed E-state index contributed by atoms with van der Waals surface area (Å²) in [5, 5.41) is 10.9. The smallest absolute Gasteiger partial charge is 0.255 e. The van der Waals surface area contributed by atoms with Gasteiger partial charge in [0, 0.05) is 18.5 Å². The van der Waals surface area contributed by atoms with E-state index in [4.69, 9.17) is 11.6 Å². The molecule has 0 spiro atoms. The number of rotatable bonds is 2. The van der Waals surface area contributed by atoms with Gasteiger partial charge in [-0.05, 0) is 24.6 Å². The highest BCUT2D eigenvalue weighted by atomic mass is 35.5. The van der Waals surface area contributed by atoms with Gasteiger partial charge in [0.2, 0.25) is 0 Å². The molecule has 2 aromatic heterocycles. The molecule has 3 heterocycles. The third kappa shape index (κ3) is 2.59. The van der Waals surface area contributed by atoms with Crippen LogP contribution in [0.3, 0.4) is 0 Å². The Hall–Kier alpha value is -2.25. The van der Waals surface area contributed by atoms with E-state index in [2.05, 4.69) is 15.2 Å². The van der Waals surface area contributed by atoms with E-state index >= 15 is 0 Å². The van der Waals surface area contributed by atoms with Crippen molar-refractivity contribution in [3.05, 3.63) is 51.1 Å². The lowest BCUT2D eigenvalue weighted by atomic mass is 10.1. The number of amides is 1. The number of thiazole rings is 1. The van der Waals surface area contributed by atoms with E-state index in [0.29, 0.717) is 30.2 Å². The van der Waals surface area contributed by atoms with Gasteiger partial charge in [0.1, 0.15) is 5.69 Å². The topological polar surface area (TPSA) is 63.9 Å². The van der Waals surface area contributed by atoms with Gasteiger partial charge in [-0.2, -0.15) is 0 Å². The van der Waals surface area contributed by atoms with E-state index in [1.165, 1.54) is 11.3 Å². The fraction of sp³-hybridized carbons (Fsp3) is 0.250. The SMILES string of the molecule is Cc1ccc(C(=O)N2CCn3c(nnc3-c3cscn3)C2)c(Cl)c1. The van der Waals surface area contributed by atoms with Crippen molar-refractivity contribution in [2.24, 2.45) is 0 Å². The molecule has 0 aliphatic carbocycles. The molecule has 1 aliphatic heterocycles. The summed E-state index contributed by atoms with van der Waals surface area (Å²) in [6, 6.07) is 5.48. The Morgan fingerprint density at radius 2 is 2.17 bits per heavy atom. The van der Waals surface area contributed by atoms with Gasteiger partial charge in [-0.1, -0.05) is 17.7 Å². The standard InChI is InChI=1S/C16H14ClN5OS/c1-10-2-3-11(12(17)6-10)16(23)21-4-5-22-14(7-21)19-20-15(22)13-8-24-9-18-13/h2-3,6,8-9H,4-5,7H2,1H3. The van der Waals surface area contributed by atoms with Crippen LogP contribution in [0.2, 0.25) is 5.02 Å². The zero-order chi connectivity index (χ0) is 16.7. The van der Waals surface area contributed by atoms with Gasteiger partial charge in [0.05, 0.1) is 22.6 Å². The Bertz CT molecular complexity index is 905. The number of nitrogens with zero attached hydrogens (tertiary/aromatic N) is 5. The summed E-state index contributed by atoms with van der Waals surface area (Å²) >= 11 is 7.75. The molecule has 4 rings (SSSR count). The van der Waals surface area contributed by atoms with Crippen LogP contribution in [0.5, 0.6) is 0 Å². The molecule has 0 saturated heterocycles. The summed E-state index contributed by atoms with van der Waals surface area (Å²) < 4.78 is 2.02. The first-order valence-electron chi connectivity index (χ1n) is 7.49. The highest BCUT2D eigenvalue weighted by Crippen LogP contribution is 2.24. The molecule has 0 unspecified atom stereocenters. The van der Waals surface area contributed by atoms with E-state index in [1.807, 2.05) is 29.0 Å². The lowest BCUT2D eigenvalue weighted by molar-refractivity contribution is 0.0708. The van der Waals surface area contributed by atoms with Gasteiger partial charge < -0.3 is 9.47 Å². The molecule has 1 amide bonds. The molecule has 3 aromatic rings. The average molecular weight is 360 g/mol. The summed E-state index contributed by atoms with van der Waals surface area (Å²) in [5.74, 6) is 1.44. The van der Waals surface area contributed by atoms with Crippen LogP contribution in [0.25, 0.3) is 11.5 Å². The van der Waals surface area contributed by atoms with Gasteiger partial charge in [0.25, 0.3) is 5.91 Å². The molecule has 0 radical (unpaired) electrons. The molecule has 6 nitrogen and oxygen atoms in total. The highest BCUT2D eigenvalue weighted by Gasteiger charge is 2.27.